The second kappa shape index (κ2) is 10.4. The molecule has 2 atom stereocenters. The van der Waals surface area contributed by atoms with Crippen molar-refractivity contribution in [1.29, 1.82) is 0 Å². The molecule has 4 rings (SSSR count). The maximum atomic E-state index is 11.3. The molecule has 0 unspecified atom stereocenters. The standard InChI is InChI=1S/C22H28N8O4/c1-4-33-18-8-9-23-22(27-18)25-12-17-19(28-29-30(17)3)16-11-24-20(13(2)26-16)34-15-7-5-6-14(10-15)21(31)32/h8-9,11,14-15H,4-7,10,12H2,1-3H3,(H,31,32)(H,23,25,27)/t14-,15-/m0/s1. The number of hydrogen-bond acceptors (Lipinski definition) is 10. The average molecular weight is 469 g/mol. The lowest BCUT2D eigenvalue weighted by molar-refractivity contribution is -0.143. The van der Waals surface area contributed by atoms with E-state index >= 15 is 0 Å². The number of aliphatic carboxylic acids is 1. The van der Waals surface area contributed by atoms with Gasteiger partial charge in [0.2, 0.25) is 17.7 Å². The van der Waals surface area contributed by atoms with Crippen molar-refractivity contribution in [2.45, 2.75) is 52.2 Å². The molecule has 1 aliphatic carbocycles. The van der Waals surface area contributed by atoms with Crippen molar-refractivity contribution in [3.8, 4) is 23.1 Å². The van der Waals surface area contributed by atoms with Crippen molar-refractivity contribution in [2.24, 2.45) is 13.0 Å². The minimum Gasteiger partial charge on any atom is -0.481 e. The van der Waals surface area contributed by atoms with Gasteiger partial charge in [-0.2, -0.15) is 4.98 Å². The van der Waals surface area contributed by atoms with Crippen LogP contribution in [0.25, 0.3) is 11.4 Å². The summed E-state index contributed by atoms with van der Waals surface area (Å²) in [4.78, 5) is 28.9. The number of carboxylic acid groups (broad SMARTS) is 1. The topological polar surface area (TPSA) is 150 Å². The Morgan fingerprint density at radius 2 is 2.15 bits per heavy atom. The Labute approximate surface area is 196 Å². The second-order valence-electron chi connectivity index (χ2n) is 8.10. The Balaban J connectivity index is 1.47. The predicted molar refractivity (Wildman–Crippen MR) is 121 cm³/mol. The molecule has 0 amide bonds. The molecule has 0 spiro atoms. The monoisotopic (exact) mass is 468 g/mol. The third kappa shape index (κ3) is 5.38. The Kier molecular flexibility index (Phi) is 7.14. The summed E-state index contributed by atoms with van der Waals surface area (Å²) in [6.45, 7) is 4.59. The van der Waals surface area contributed by atoms with Gasteiger partial charge in [-0.15, -0.1) is 5.10 Å². The maximum absolute atomic E-state index is 11.3. The van der Waals surface area contributed by atoms with Crippen LogP contribution in [-0.4, -0.2) is 58.7 Å². The summed E-state index contributed by atoms with van der Waals surface area (Å²) in [5.41, 5.74) is 2.53. The highest BCUT2D eigenvalue weighted by atomic mass is 16.5. The summed E-state index contributed by atoms with van der Waals surface area (Å²) in [5.74, 6) is 0.179. The Bertz CT molecular complexity index is 1150. The normalized spacial score (nSPS) is 17.9. The predicted octanol–water partition coefficient (Wildman–Crippen LogP) is 2.40. The second-order valence-corrected chi connectivity index (χ2v) is 8.10. The van der Waals surface area contributed by atoms with E-state index in [1.165, 1.54) is 0 Å². The number of aryl methyl sites for hydroxylation is 2. The van der Waals surface area contributed by atoms with Crippen LogP contribution in [0.4, 0.5) is 5.95 Å². The molecule has 12 nitrogen and oxygen atoms in total. The van der Waals surface area contributed by atoms with Gasteiger partial charge in [0.25, 0.3) is 0 Å². The SMILES string of the molecule is CCOc1ccnc(NCc2c(-c3cnc(O[C@H]4CCC[C@H](C(=O)O)C4)c(C)n3)nnn2C)n1. The van der Waals surface area contributed by atoms with E-state index < -0.39 is 5.97 Å². The number of carbonyl (C=O) groups is 1. The molecule has 0 bridgehead atoms. The summed E-state index contributed by atoms with van der Waals surface area (Å²) in [7, 11) is 1.80. The van der Waals surface area contributed by atoms with Gasteiger partial charge in [0.05, 0.1) is 31.0 Å². The van der Waals surface area contributed by atoms with E-state index in [1.807, 2.05) is 13.8 Å². The largest absolute Gasteiger partial charge is 0.481 e. The third-order valence-corrected chi connectivity index (χ3v) is 5.68. The maximum Gasteiger partial charge on any atom is 0.306 e. The van der Waals surface area contributed by atoms with Gasteiger partial charge in [-0.05, 0) is 39.5 Å². The molecule has 0 aromatic carbocycles. The van der Waals surface area contributed by atoms with E-state index in [2.05, 4.69) is 35.6 Å². The van der Waals surface area contributed by atoms with Crippen LogP contribution in [0.3, 0.4) is 0 Å². The first kappa shape index (κ1) is 23.3. The van der Waals surface area contributed by atoms with Crippen LogP contribution in [-0.2, 0) is 18.4 Å². The third-order valence-electron chi connectivity index (χ3n) is 5.68. The lowest BCUT2D eigenvalue weighted by Crippen LogP contribution is -2.30. The molecule has 3 heterocycles. The van der Waals surface area contributed by atoms with Crippen molar-refractivity contribution < 1.29 is 19.4 Å². The molecular formula is C22H28N8O4. The summed E-state index contributed by atoms with van der Waals surface area (Å²) in [6, 6.07) is 1.70. The van der Waals surface area contributed by atoms with Gasteiger partial charge < -0.3 is 19.9 Å². The Morgan fingerprint density at radius 3 is 2.91 bits per heavy atom. The van der Waals surface area contributed by atoms with Gasteiger partial charge in [-0.3, -0.25) is 4.79 Å². The van der Waals surface area contributed by atoms with E-state index in [-0.39, 0.29) is 12.0 Å². The molecule has 180 valence electrons. The number of nitrogens with zero attached hydrogens (tertiary/aromatic N) is 7. The van der Waals surface area contributed by atoms with Gasteiger partial charge in [0.15, 0.2) is 0 Å². The van der Waals surface area contributed by atoms with Crippen LogP contribution < -0.4 is 14.8 Å². The summed E-state index contributed by atoms with van der Waals surface area (Å²) in [6.07, 6.45) is 5.82. The van der Waals surface area contributed by atoms with Crippen molar-refractivity contribution in [2.75, 3.05) is 11.9 Å². The number of aromatic nitrogens is 7. The number of hydrogen-bond donors (Lipinski definition) is 2. The van der Waals surface area contributed by atoms with Crippen molar-refractivity contribution in [3.63, 3.8) is 0 Å². The summed E-state index contributed by atoms with van der Waals surface area (Å²) in [5, 5.41) is 20.9. The zero-order valence-corrected chi connectivity index (χ0v) is 19.4. The Morgan fingerprint density at radius 1 is 1.29 bits per heavy atom. The van der Waals surface area contributed by atoms with Crippen LogP contribution in [0.15, 0.2) is 18.5 Å². The minimum atomic E-state index is -0.773. The van der Waals surface area contributed by atoms with Crippen LogP contribution >= 0.6 is 0 Å². The first-order chi connectivity index (χ1) is 16.4. The quantitative estimate of drug-likeness (QED) is 0.476. The van der Waals surface area contributed by atoms with E-state index in [0.717, 1.165) is 18.5 Å². The smallest absolute Gasteiger partial charge is 0.306 e. The molecule has 2 N–H and O–H groups in total. The van der Waals surface area contributed by atoms with Crippen LogP contribution in [0.1, 0.15) is 44.0 Å². The van der Waals surface area contributed by atoms with Crippen LogP contribution in [0, 0.1) is 12.8 Å². The molecule has 1 saturated carbocycles. The molecule has 3 aromatic heterocycles. The average Bonchev–Trinajstić information content (AvgIpc) is 3.20. The van der Waals surface area contributed by atoms with E-state index in [4.69, 9.17) is 9.47 Å². The van der Waals surface area contributed by atoms with E-state index in [0.29, 0.717) is 60.8 Å². The number of anilines is 1. The van der Waals surface area contributed by atoms with Gasteiger partial charge in [-0.25, -0.2) is 19.6 Å². The lowest BCUT2D eigenvalue weighted by Gasteiger charge is -2.27. The minimum absolute atomic E-state index is 0.183. The van der Waals surface area contributed by atoms with Gasteiger partial charge in [0, 0.05) is 19.3 Å². The molecule has 0 saturated heterocycles. The molecule has 3 aromatic rings. The summed E-state index contributed by atoms with van der Waals surface area (Å²) < 4.78 is 13.1. The lowest BCUT2D eigenvalue weighted by atomic mass is 9.87. The molecular weight excluding hydrogens is 440 g/mol. The fraction of sp³-hybridized carbons (Fsp3) is 0.500. The van der Waals surface area contributed by atoms with E-state index in [9.17, 15) is 9.90 Å². The van der Waals surface area contributed by atoms with Gasteiger partial charge >= 0.3 is 5.97 Å². The van der Waals surface area contributed by atoms with Crippen molar-refractivity contribution in [1.82, 2.24) is 34.9 Å². The zero-order valence-electron chi connectivity index (χ0n) is 19.4. The fourth-order valence-electron chi connectivity index (χ4n) is 3.93. The molecule has 0 aliphatic heterocycles. The van der Waals surface area contributed by atoms with Crippen LogP contribution in [0.5, 0.6) is 11.8 Å². The van der Waals surface area contributed by atoms with Gasteiger partial charge in [0.1, 0.15) is 23.2 Å². The first-order valence-electron chi connectivity index (χ1n) is 11.3. The Hall–Kier alpha value is -3.83. The van der Waals surface area contributed by atoms with Crippen molar-refractivity contribution >= 4 is 11.9 Å². The molecule has 1 fully saturated rings. The first-order valence-corrected chi connectivity index (χ1v) is 11.3. The summed E-state index contributed by atoms with van der Waals surface area (Å²) >= 11 is 0. The zero-order chi connectivity index (χ0) is 24.1. The molecule has 34 heavy (non-hydrogen) atoms. The molecule has 0 radical (unpaired) electrons. The number of ether oxygens (including phenoxy) is 2. The number of rotatable bonds is 9. The number of carboxylic acids is 1. The van der Waals surface area contributed by atoms with Crippen LogP contribution in [0.2, 0.25) is 0 Å². The van der Waals surface area contributed by atoms with Crippen molar-refractivity contribution in [3.05, 3.63) is 29.8 Å². The highest BCUT2D eigenvalue weighted by Gasteiger charge is 2.29. The fourth-order valence-corrected chi connectivity index (χ4v) is 3.93. The highest BCUT2D eigenvalue weighted by molar-refractivity contribution is 5.70. The highest BCUT2D eigenvalue weighted by Crippen LogP contribution is 2.29. The van der Waals surface area contributed by atoms with Gasteiger partial charge in [-0.1, -0.05) is 5.21 Å². The van der Waals surface area contributed by atoms with E-state index in [1.54, 1.807) is 30.2 Å². The molecule has 12 heteroatoms. The molecule has 1 aliphatic rings. The number of nitrogens with one attached hydrogen (secondary N) is 1.